The number of halogens is 1. The van der Waals surface area contributed by atoms with Crippen molar-refractivity contribution < 1.29 is 19.1 Å². The Hall–Kier alpha value is -3.89. The van der Waals surface area contributed by atoms with E-state index in [1.54, 1.807) is 48.5 Å². The molecule has 4 nitrogen and oxygen atoms in total. The zero-order chi connectivity index (χ0) is 22.1. The molecule has 0 spiro atoms. The molecule has 0 saturated carbocycles. The Morgan fingerprint density at radius 1 is 0.938 bits per heavy atom. The molecule has 0 atom stereocenters. The van der Waals surface area contributed by atoms with Crippen LogP contribution < -0.4 is 9.47 Å². The molecule has 4 aromatic rings. The molecule has 0 saturated heterocycles. The molecule has 0 aliphatic carbocycles. The van der Waals surface area contributed by atoms with Gasteiger partial charge in [-0.2, -0.15) is 0 Å². The van der Waals surface area contributed by atoms with E-state index in [4.69, 9.17) is 21.1 Å². The highest BCUT2D eigenvalue weighted by Gasteiger charge is 2.29. The van der Waals surface area contributed by atoms with Gasteiger partial charge in [-0.05, 0) is 64.9 Å². The largest absolute Gasteiger partial charge is 0.485 e. The molecular weight excluding hydrogens is 424 g/mol. The first-order valence-corrected chi connectivity index (χ1v) is 10.4. The lowest BCUT2D eigenvalue weighted by atomic mass is 10.0. The molecule has 0 unspecified atom stereocenters. The minimum atomic E-state index is -0.152. The second kappa shape index (κ2) is 8.33. The van der Waals surface area contributed by atoms with Gasteiger partial charge in [-0.3, -0.25) is 9.59 Å². The molecule has 0 bridgehead atoms. The number of hydrogen-bond acceptors (Lipinski definition) is 4. The highest BCUT2D eigenvalue weighted by molar-refractivity contribution is 6.30. The topological polar surface area (TPSA) is 52.6 Å². The summed E-state index contributed by atoms with van der Waals surface area (Å²) in [5, 5.41) is 2.43. The summed E-state index contributed by atoms with van der Waals surface area (Å²) < 4.78 is 11.5. The molecule has 32 heavy (non-hydrogen) atoms. The predicted molar refractivity (Wildman–Crippen MR) is 125 cm³/mol. The average Bonchev–Trinajstić information content (AvgIpc) is 3.14. The second-order valence-electron chi connectivity index (χ2n) is 7.39. The van der Waals surface area contributed by atoms with E-state index in [1.807, 2.05) is 42.5 Å². The molecule has 0 aromatic heterocycles. The molecule has 5 rings (SSSR count). The molecule has 5 heteroatoms. The summed E-state index contributed by atoms with van der Waals surface area (Å²) in [6.07, 6.45) is 1.69. The van der Waals surface area contributed by atoms with E-state index in [9.17, 15) is 9.59 Å². The van der Waals surface area contributed by atoms with Crippen molar-refractivity contribution >= 4 is 40.0 Å². The summed E-state index contributed by atoms with van der Waals surface area (Å²) in [5.74, 6) is 1.03. The summed E-state index contributed by atoms with van der Waals surface area (Å²) in [4.78, 5) is 25.3. The van der Waals surface area contributed by atoms with Crippen molar-refractivity contribution in [3.05, 3.63) is 112 Å². The summed E-state index contributed by atoms with van der Waals surface area (Å²) in [6.45, 7) is -0.103. The van der Waals surface area contributed by atoms with E-state index < -0.39 is 0 Å². The van der Waals surface area contributed by atoms with Crippen LogP contribution in [0.5, 0.6) is 11.5 Å². The fourth-order valence-electron chi connectivity index (χ4n) is 3.67. The van der Waals surface area contributed by atoms with Crippen molar-refractivity contribution in [1.29, 1.82) is 0 Å². The zero-order valence-corrected chi connectivity index (χ0v) is 17.6. The van der Waals surface area contributed by atoms with Gasteiger partial charge in [0.2, 0.25) is 5.78 Å². The highest BCUT2D eigenvalue weighted by atomic mass is 35.5. The Kier molecular flexibility index (Phi) is 5.21. The van der Waals surface area contributed by atoms with Gasteiger partial charge in [0, 0.05) is 10.6 Å². The van der Waals surface area contributed by atoms with Crippen LogP contribution in [0.25, 0.3) is 16.8 Å². The van der Waals surface area contributed by atoms with Crippen LogP contribution >= 0.6 is 11.6 Å². The van der Waals surface area contributed by atoms with E-state index >= 15 is 0 Å². The molecular formula is C27H17ClO4. The van der Waals surface area contributed by atoms with E-state index in [1.165, 1.54) is 0 Å². The van der Waals surface area contributed by atoms with Crippen molar-refractivity contribution in [2.45, 2.75) is 0 Å². The van der Waals surface area contributed by atoms with E-state index in [2.05, 4.69) is 0 Å². The standard InChI is InChI=1S/C27H17ClO4/c28-20-11-8-19(9-12-20)23(29)16-31-21-6-3-4-17(14-21)15-25-27(30)26-22-7-2-1-5-18(22)10-13-24(26)32-25/h1-15H,16H2/b25-15-. The molecule has 0 N–H and O–H groups in total. The molecule has 1 aliphatic heterocycles. The van der Waals surface area contributed by atoms with Gasteiger partial charge in [0.15, 0.2) is 18.1 Å². The van der Waals surface area contributed by atoms with Gasteiger partial charge in [0.1, 0.15) is 11.5 Å². The Morgan fingerprint density at radius 3 is 2.59 bits per heavy atom. The van der Waals surface area contributed by atoms with Crippen molar-refractivity contribution in [1.82, 2.24) is 0 Å². The molecule has 1 heterocycles. The summed E-state index contributed by atoms with van der Waals surface area (Å²) in [7, 11) is 0. The lowest BCUT2D eigenvalue weighted by molar-refractivity contribution is 0.0921. The monoisotopic (exact) mass is 440 g/mol. The van der Waals surface area contributed by atoms with Gasteiger partial charge in [-0.1, -0.05) is 54.1 Å². The van der Waals surface area contributed by atoms with Crippen LogP contribution in [-0.2, 0) is 0 Å². The summed E-state index contributed by atoms with van der Waals surface area (Å²) >= 11 is 5.86. The van der Waals surface area contributed by atoms with Crippen molar-refractivity contribution in [2.24, 2.45) is 0 Å². The maximum atomic E-state index is 13.0. The summed E-state index contributed by atoms with van der Waals surface area (Å²) in [5.41, 5.74) is 1.85. The van der Waals surface area contributed by atoms with Gasteiger partial charge in [0.05, 0.1) is 5.56 Å². The van der Waals surface area contributed by atoms with Crippen molar-refractivity contribution in [3.8, 4) is 11.5 Å². The number of fused-ring (bicyclic) bond motifs is 3. The average molecular weight is 441 g/mol. The molecule has 156 valence electrons. The normalized spacial score (nSPS) is 13.8. The fraction of sp³-hybridized carbons (Fsp3) is 0.0370. The quantitative estimate of drug-likeness (QED) is 0.267. The van der Waals surface area contributed by atoms with Crippen LogP contribution in [0.3, 0.4) is 0 Å². The fourth-order valence-corrected chi connectivity index (χ4v) is 3.79. The maximum Gasteiger partial charge on any atom is 0.232 e. The van der Waals surface area contributed by atoms with Crippen LogP contribution in [0, 0.1) is 0 Å². The van der Waals surface area contributed by atoms with Crippen LogP contribution in [0.4, 0.5) is 0 Å². The second-order valence-corrected chi connectivity index (χ2v) is 7.83. The third kappa shape index (κ3) is 3.88. The van der Waals surface area contributed by atoms with Crippen molar-refractivity contribution in [3.63, 3.8) is 0 Å². The van der Waals surface area contributed by atoms with E-state index in [-0.39, 0.29) is 23.9 Å². The first-order chi connectivity index (χ1) is 15.6. The van der Waals surface area contributed by atoms with Gasteiger partial charge in [0.25, 0.3) is 0 Å². The van der Waals surface area contributed by atoms with Crippen LogP contribution in [0.1, 0.15) is 26.3 Å². The molecule has 0 amide bonds. The zero-order valence-electron chi connectivity index (χ0n) is 16.9. The number of hydrogen-bond donors (Lipinski definition) is 0. The minimum absolute atomic E-state index is 0.103. The number of carbonyl (C=O) groups excluding carboxylic acids is 2. The molecule has 4 aromatic carbocycles. The Balaban J connectivity index is 1.34. The Morgan fingerprint density at radius 2 is 1.75 bits per heavy atom. The van der Waals surface area contributed by atoms with Gasteiger partial charge in [-0.15, -0.1) is 0 Å². The maximum absolute atomic E-state index is 13.0. The van der Waals surface area contributed by atoms with E-state index in [0.717, 1.165) is 16.3 Å². The summed E-state index contributed by atoms with van der Waals surface area (Å²) in [6, 6.07) is 25.3. The van der Waals surface area contributed by atoms with Crippen LogP contribution in [-0.4, -0.2) is 18.2 Å². The highest BCUT2D eigenvalue weighted by Crippen LogP contribution is 2.37. The SMILES string of the molecule is O=C(COc1cccc(/C=C2\Oc3ccc4ccccc4c3C2=O)c1)c1ccc(Cl)cc1. The van der Waals surface area contributed by atoms with Gasteiger partial charge in [-0.25, -0.2) is 0 Å². The lowest BCUT2D eigenvalue weighted by Crippen LogP contribution is -2.11. The first-order valence-electron chi connectivity index (χ1n) is 10.1. The van der Waals surface area contributed by atoms with Gasteiger partial charge < -0.3 is 9.47 Å². The molecule has 0 fully saturated rings. The number of Topliss-reactive ketones (excluding diaryl/α,β-unsaturated/α-hetero) is 2. The third-order valence-electron chi connectivity index (χ3n) is 5.25. The van der Waals surface area contributed by atoms with Crippen LogP contribution in [0.15, 0.2) is 90.7 Å². The number of ketones is 2. The number of ether oxygens (including phenoxy) is 2. The Bertz CT molecular complexity index is 1390. The number of benzene rings is 4. The molecule has 0 radical (unpaired) electrons. The predicted octanol–water partition coefficient (Wildman–Crippen LogP) is 6.37. The van der Waals surface area contributed by atoms with Crippen molar-refractivity contribution in [2.75, 3.05) is 6.61 Å². The van der Waals surface area contributed by atoms with E-state index in [0.29, 0.717) is 27.6 Å². The third-order valence-corrected chi connectivity index (χ3v) is 5.51. The number of allylic oxidation sites excluding steroid dienone is 1. The smallest absolute Gasteiger partial charge is 0.232 e. The van der Waals surface area contributed by atoms with Crippen LogP contribution in [0.2, 0.25) is 5.02 Å². The molecule has 1 aliphatic rings. The Labute approximate surface area is 189 Å². The minimum Gasteiger partial charge on any atom is -0.485 e. The first kappa shape index (κ1) is 20.0. The van der Waals surface area contributed by atoms with Gasteiger partial charge >= 0.3 is 0 Å². The number of rotatable bonds is 5. The lowest BCUT2D eigenvalue weighted by Gasteiger charge is -2.07. The number of carbonyl (C=O) groups is 2.